The van der Waals surface area contributed by atoms with Crippen LogP contribution in [0.1, 0.15) is 17.5 Å². The third-order valence-electron chi connectivity index (χ3n) is 3.22. The molecule has 4 nitrogen and oxygen atoms in total. The zero-order valence-electron chi connectivity index (χ0n) is 10.9. The SMILES string of the molecule is COc1ccc(CN)cc1COCC1CCOC1. The second-order valence-electron chi connectivity index (χ2n) is 4.60. The van der Waals surface area contributed by atoms with Gasteiger partial charge in [-0.25, -0.2) is 0 Å². The molecule has 1 aliphatic heterocycles. The Balaban J connectivity index is 1.89. The molecule has 18 heavy (non-hydrogen) atoms. The third kappa shape index (κ3) is 3.45. The van der Waals surface area contributed by atoms with Crippen molar-refractivity contribution in [3.63, 3.8) is 0 Å². The molecule has 100 valence electrons. The molecule has 1 aliphatic rings. The lowest BCUT2D eigenvalue weighted by atomic mass is 10.1. The normalized spacial score (nSPS) is 19.1. The van der Waals surface area contributed by atoms with E-state index in [1.165, 1.54) is 0 Å². The van der Waals surface area contributed by atoms with Gasteiger partial charge in [0.1, 0.15) is 5.75 Å². The highest BCUT2D eigenvalue weighted by molar-refractivity contribution is 5.36. The molecule has 2 N–H and O–H groups in total. The molecule has 1 saturated heterocycles. The van der Waals surface area contributed by atoms with E-state index in [2.05, 4.69) is 0 Å². The molecule has 0 saturated carbocycles. The second-order valence-corrected chi connectivity index (χ2v) is 4.60. The number of ether oxygens (including phenoxy) is 3. The number of benzene rings is 1. The molecule has 1 atom stereocenters. The summed E-state index contributed by atoms with van der Waals surface area (Å²) in [5.41, 5.74) is 7.79. The summed E-state index contributed by atoms with van der Waals surface area (Å²) in [7, 11) is 1.67. The summed E-state index contributed by atoms with van der Waals surface area (Å²) in [5, 5.41) is 0. The van der Waals surface area contributed by atoms with Crippen molar-refractivity contribution in [3.05, 3.63) is 29.3 Å². The topological polar surface area (TPSA) is 53.7 Å². The van der Waals surface area contributed by atoms with Crippen molar-refractivity contribution in [1.29, 1.82) is 0 Å². The van der Waals surface area contributed by atoms with Gasteiger partial charge >= 0.3 is 0 Å². The van der Waals surface area contributed by atoms with Crippen molar-refractivity contribution in [2.24, 2.45) is 11.7 Å². The minimum atomic E-state index is 0.535. The summed E-state index contributed by atoms with van der Waals surface area (Å²) in [6.07, 6.45) is 1.10. The van der Waals surface area contributed by atoms with Gasteiger partial charge in [-0.15, -0.1) is 0 Å². The monoisotopic (exact) mass is 251 g/mol. The van der Waals surface area contributed by atoms with Crippen LogP contribution < -0.4 is 10.5 Å². The maximum absolute atomic E-state index is 5.74. The molecule has 0 aromatic heterocycles. The van der Waals surface area contributed by atoms with Gasteiger partial charge in [0.05, 0.1) is 26.9 Å². The van der Waals surface area contributed by atoms with Crippen LogP contribution in [0.4, 0.5) is 0 Å². The highest BCUT2D eigenvalue weighted by Gasteiger charge is 2.15. The van der Waals surface area contributed by atoms with Crippen molar-refractivity contribution in [3.8, 4) is 5.75 Å². The Hall–Kier alpha value is -1.10. The van der Waals surface area contributed by atoms with E-state index < -0.39 is 0 Å². The summed E-state index contributed by atoms with van der Waals surface area (Å²) in [5.74, 6) is 1.39. The molecule has 0 amide bonds. The van der Waals surface area contributed by atoms with Gasteiger partial charge in [0.2, 0.25) is 0 Å². The van der Waals surface area contributed by atoms with Crippen LogP contribution in [0.3, 0.4) is 0 Å². The maximum atomic E-state index is 5.74. The fraction of sp³-hybridized carbons (Fsp3) is 0.571. The number of rotatable bonds is 6. The van der Waals surface area contributed by atoms with E-state index in [1.807, 2.05) is 18.2 Å². The van der Waals surface area contributed by atoms with Gasteiger partial charge < -0.3 is 19.9 Å². The van der Waals surface area contributed by atoms with Gasteiger partial charge in [-0.05, 0) is 24.1 Å². The second kappa shape index (κ2) is 6.73. The molecule has 1 unspecified atom stereocenters. The van der Waals surface area contributed by atoms with Crippen LogP contribution in [0.5, 0.6) is 5.75 Å². The zero-order chi connectivity index (χ0) is 12.8. The van der Waals surface area contributed by atoms with Gasteiger partial charge in [-0.3, -0.25) is 0 Å². The Morgan fingerprint density at radius 2 is 2.33 bits per heavy atom. The third-order valence-corrected chi connectivity index (χ3v) is 3.22. The smallest absolute Gasteiger partial charge is 0.124 e. The highest BCUT2D eigenvalue weighted by Crippen LogP contribution is 2.21. The molecular formula is C14H21NO3. The van der Waals surface area contributed by atoms with E-state index >= 15 is 0 Å². The number of nitrogens with two attached hydrogens (primary N) is 1. The predicted octanol–water partition coefficient (Wildman–Crippen LogP) is 1.71. The lowest BCUT2D eigenvalue weighted by Gasteiger charge is -2.12. The van der Waals surface area contributed by atoms with E-state index in [1.54, 1.807) is 7.11 Å². The first-order valence-electron chi connectivity index (χ1n) is 6.35. The van der Waals surface area contributed by atoms with Crippen LogP contribution in [-0.4, -0.2) is 26.9 Å². The van der Waals surface area contributed by atoms with Crippen LogP contribution in [0, 0.1) is 5.92 Å². The molecular weight excluding hydrogens is 230 g/mol. The van der Waals surface area contributed by atoms with E-state index in [9.17, 15) is 0 Å². The summed E-state index contributed by atoms with van der Waals surface area (Å²) in [4.78, 5) is 0. The van der Waals surface area contributed by atoms with Gasteiger partial charge in [-0.2, -0.15) is 0 Å². The van der Waals surface area contributed by atoms with E-state index in [0.717, 1.165) is 43.1 Å². The fourth-order valence-electron chi connectivity index (χ4n) is 2.12. The molecule has 0 radical (unpaired) electrons. The summed E-state index contributed by atoms with van der Waals surface area (Å²) >= 11 is 0. The minimum absolute atomic E-state index is 0.535. The van der Waals surface area contributed by atoms with E-state index in [4.69, 9.17) is 19.9 Å². The maximum Gasteiger partial charge on any atom is 0.124 e. The van der Waals surface area contributed by atoms with Crippen molar-refractivity contribution in [2.75, 3.05) is 26.9 Å². The number of methoxy groups -OCH3 is 1. The fourth-order valence-corrected chi connectivity index (χ4v) is 2.12. The Labute approximate surface area is 108 Å². The molecule has 0 spiro atoms. The Kier molecular flexibility index (Phi) is 4.99. The van der Waals surface area contributed by atoms with Crippen molar-refractivity contribution in [1.82, 2.24) is 0 Å². The first kappa shape index (κ1) is 13.3. The quantitative estimate of drug-likeness (QED) is 0.836. The van der Waals surface area contributed by atoms with Crippen LogP contribution >= 0.6 is 0 Å². The van der Waals surface area contributed by atoms with Crippen LogP contribution in [-0.2, 0) is 22.6 Å². The van der Waals surface area contributed by atoms with Crippen LogP contribution in [0.15, 0.2) is 18.2 Å². The number of hydrogen-bond donors (Lipinski definition) is 1. The molecule has 0 bridgehead atoms. The molecule has 0 aliphatic carbocycles. The zero-order valence-corrected chi connectivity index (χ0v) is 10.9. The number of hydrogen-bond acceptors (Lipinski definition) is 4. The van der Waals surface area contributed by atoms with Crippen molar-refractivity contribution >= 4 is 0 Å². The molecule has 1 heterocycles. The molecule has 2 rings (SSSR count). The Morgan fingerprint density at radius 3 is 3.00 bits per heavy atom. The van der Waals surface area contributed by atoms with Crippen LogP contribution in [0.2, 0.25) is 0 Å². The Morgan fingerprint density at radius 1 is 1.44 bits per heavy atom. The molecule has 1 aromatic rings. The predicted molar refractivity (Wildman–Crippen MR) is 69.5 cm³/mol. The lowest BCUT2D eigenvalue weighted by Crippen LogP contribution is -2.10. The standard InChI is InChI=1S/C14H21NO3/c1-16-14-3-2-11(7-15)6-13(14)10-18-9-12-4-5-17-8-12/h2-3,6,12H,4-5,7-10,15H2,1H3. The summed E-state index contributed by atoms with van der Waals surface area (Å²) in [6.45, 7) is 3.52. The highest BCUT2D eigenvalue weighted by atomic mass is 16.5. The van der Waals surface area contributed by atoms with Crippen LogP contribution in [0.25, 0.3) is 0 Å². The van der Waals surface area contributed by atoms with Gasteiger partial charge in [0, 0.05) is 24.6 Å². The van der Waals surface area contributed by atoms with Gasteiger partial charge in [0.15, 0.2) is 0 Å². The molecule has 4 heteroatoms. The molecule has 1 fully saturated rings. The molecule has 1 aromatic carbocycles. The Bertz CT molecular complexity index is 375. The first-order valence-corrected chi connectivity index (χ1v) is 6.35. The average molecular weight is 251 g/mol. The average Bonchev–Trinajstić information content (AvgIpc) is 2.92. The largest absolute Gasteiger partial charge is 0.496 e. The van der Waals surface area contributed by atoms with Crippen molar-refractivity contribution in [2.45, 2.75) is 19.6 Å². The summed E-state index contributed by atoms with van der Waals surface area (Å²) < 4.78 is 16.4. The van der Waals surface area contributed by atoms with E-state index in [-0.39, 0.29) is 0 Å². The van der Waals surface area contributed by atoms with Gasteiger partial charge in [-0.1, -0.05) is 6.07 Å². The van der Waals surface area contributed by atoms with Gasteiger partial charge in [0.25, 0.3) is 0 Å². The van der Waals surface area contributed by atoms with E-state index in [0.29, 0.717) is 19.1 Å². The first-order chi connectivity index (χ1) is 8.83. The van der Waals surface area contributed by atoms with Crippen molar-refractivity contribution < 1.29 is 14.2 Å². The lowest BCUT2D eigenvalue weighted by molar-refractivity contribution is 0.0779. The summed E-state index contributed by atoms with van der Waals surface area (Å²) in [6, 6.07) is 5.97. The minimum Gasteiger partial charge on any atom is -0.496 e.